The van der Waals surface area contributed by atoms with Crippen molar-refractivity contribution in [2.24, 2.45) is 0 Å². The molecule has 3 rings (SSSR count). The molecule has 5 heteroatoms. The lowest BCUT2D eigenvalue weighted by Gasteiger charge is -2.04. The fourth-order valence-corrected chi connectivity index (χ4v) is 2.53. The molecule has 100 valence electrons. The summed E-state index contributed by atoms with van der Waals surface area (Å²) in [6.45, 7) is 0. The average Bonchev–Trinajstić information content (AvgIpc) is 2.97. The van der Waals surface area contributed by atoms with E-state index in [-0.39, 0.29) is 0 Å². The van der Waals surface area contributed by atoms with Gasteiger partial charge in [0.05, 0.1) is 5.56 Å². The van der Waals surface area contributed by atoms with E-state index in [1.54, 1.807) is 0 Å². The van der Waals surface area contributed by atoms with Gasteiger partial charge in [-0.25, -0.2) is 0 Å². The molecule has 0 spiro atoms. The summed E-state index contributed by atoms with van der Waals surface area (Å²) >= 11 is 9.83. The van der Waals surface area contributed by atoms with Crippen molar-refractivity contribution in [3.8, 4) is 11.5 Å². The maximum absolute atomic E-state index is 6.36. The quantitative estimate of drug-likeness (QED) is 0.636. The van der Waals surface area contributed by atoms with Crippen molar-refractivity contribution < 1.29 is 4.42 Å². The van der Waals surface area contributed by atoms with Gasteiger partial charge in [-0.3, -0.25) is 0 Å². The molecule has 2 aromatic carbocycles. The topological polar surface area (TPSA) is 38.9 Å². The lowest BCUT2D eigenvalue weighted by Crippen LogP contribution is -1.92. The van der Waals surface area contributed by atoms with E-state index in [0.717, 1.165) is 15.6 Å². The minimum atomic E-state index is -0.445. The van der Waals surface area contributed by atoms with E-state index in [1.165, 1.54) is 0 Å². The first kappa shape index (κ1) is 13.3. The van der Waals surface area contributed by atoms with E-state index in [9.17, 15) is 0 Å². The van der Waals surface area contributed by atoms with Crippen LogP contribution in [0, 0.1) is 0 Å². The third-order valence-corrected chi connectivity index (χ3v) is 3.98. The number of benzene rings is 2. The van der Waals surface area contributed by atoms with Crippen LogP contribution in [0.1, 0.15) is 16.8 Å². The third kappa shape index (κ3) is 2.62. The first-order chi connectivity index (χ1) is 9.75. The molecule has 1 unspecified atom stereocenters. The summed E-state index contributed by atoms with van der Waals surface area (Å²) in [5, 5.41) is 7.66. The van der Waals surface area contributed by atoms with E-state index in [2.05, 4.69) is 26.1 Å². The van der Waals surface area contributed by atoms with Crippen molar-refractivity contribution >= 4 is 27.5 Å². The van der Waals surface area contributed by atoms with Gasteiger partial charge in [-0.2, -0.15) is 0 Å². The van der Waals surface area contributed by atoms with Crippen LogP contribution in [-0.4, -0.2) is 10.2 Å². The van der Waals surface area contributed by atoms with Gasteiger partial charge in [0.2, 0.25) is 11.8 Å². The Balaban J connectivity index is 1.93. The number of hydrogen-bond acceptors (Lipinski definition) is 3. The lowest BCUT2D eigenvalue weighted by atomic mass is 10.1. The zero-order valence-corrected chi connectivity index (χ0v) is 12.7. The monoisotopic (exact) mass is 348 g/mol. The maximum atomic E-state index is 6.36. The first-order valence-corrected chi connectivity index (χ1v) is 7.26. The summed E-state index contributed by atoms with van der Waals surface area (Å²) in [6, 6.07) is 17.3. The number of aromatic nitrogens is 2. The second kappa shape index (κ2) is 5.77. The van der Waals surface area contributed by atoms with Crippen LogP contribution < -0.4 is 0 Å². The van der Waals surface area contributed by atoms with Gasteiger partial charge >= 0.3 is 0 Å². The fourth-order valence-electron chi connectivity index (χ4n) is 1.85. The van der Waals surface area contributed by atoms with Crippen molar-refractivity contribution in [2.45, 2.75) is 5.38 Å². The molecule has 1 aromatic heterocycles. The smallest absolute Gasteiger partial charge is 0.248 e. The largest absolute Gasteiger partial charge is 0.419 e. The molecular formula is C15H10BrClN2O. The average molecular weight is 350 g/mol. The Hall–Kier alpha value is -1.65. The van der Waals surface area contributed by atoms with Crippen LogP contribution in [0.15, 0.2) is 63.5 Å². The predicted octanol–water partition coefficient (Wildman–Crippen LogP) is 4.83. The Bertz CT molecular complexity index is 715. The first-order valence-electron chi connectivity index (χ1n) is 6.03. The highest BCUT2D eigenvalue weighted by Gasteiger charge is 2.19. The molecule has 3 nitrogen and oxygen atoms in total. The zero-order valence-electron chi connectivity index (χ0n) is 10.3. The summed E-state index contributed by atoms with van der Waals surface area (Å²) in [4.78, 5) is 0. The Labute approximate surface area is 129 Å². The normalized spacial score (nSPS) is 12.3. The van der Waals surface area contributed by atoms with Crippen molar-refractivity contribution in [1.82, 2.24) is 10.2 Å². The fraction of sp³-hybridized carbons (Fsp3) is 0.0667. The van der Waals surface area contributed by atoms with Gasteiger partial charge in [-0.15, -0.1) is 21.8 Å². The van der Waals surface area contributed by atoms with Gasteiger partial charge in [0.1, 0.15) is 5.38 Å². The molecule has 1 heterocycles. The number of nitrogens with zero attached hydrogens (tertiary/aromatic N) is 2. The van der Waals surface area contributed by atoms with E-state index < -0.39 is 5.38 Å². The molecule has 1 atom stereocenters. The number of alkyl halides is 1. The molecule has 3 aromatic rings. The van der Waals surface area contributed by atoms with Crippen LogP contribution in [-0.2, 0) is 0 Å². The molecule has 0 aliphatic heterocycles. The predicted molar refractivity (Wildman–Crippen MR) is 81.6 cm³/mol. The molecule has 0 amide bonds. The van der Waals surface area contributed by atoms with Crippen LogP contribution >= 0.6 is 27.5 Å². The molecule has 0 radical (unpaired) electrons. The van der Waals surface area contributed by atoms with E-state index >= 15 is 0 Å². The molecule has 0 aliphatic carbocycles. The van der Waals surface area contributed by atoms with Gasteiger partial charge in [0.25, 0.3) is 0 Å². The third-order valence-electron chi connectivity index (χ3n) is 2.85. The minimum absolute atomic E-state index is 0.392. The summed E-state index contributed by atoms with van der Waals surface area (Å²) in [7, 11) is 0. The van der Waals surface area contributed by atoms with E-state index in [0.29, 0.717) is 11.8 Å². The Kier molecular flexibility index (Phi) is 3.85. The minimum Gasteiger partial charge on any atom is -0.419 e. The second-order valence-corrected chi connectivity index (χ2v) is 5.49. The highest BCUT2D eigenvalue weighted by Crippen LogP contribution is 2.32. The standard InChI is InChI=1S/C15H10BrClN2O/c16-12-9-5-4-8-11(12)14-18-19-15(20-14)13(17)10-6-2-1-3-7-10/h1-9,13H. The number of rotatable bonds is 3. The Morgan fingerprint density at radius 2 is 1.65 bits per heavy atom. The van der Waals surface area contributed by atoms with Crippen LogP contribution in [0.5, 0.6) is 0 Å². The van der Waals surface area contributed by atoms with Gasteiger partial charge in [0, 0.05) is 4.47 Å². The SMILES string of the molecule is ClC(c1ccccc1)c1nnc(-c2ccccc2Br)o1. The van der Waals surface area contributed by atoms with E-state index in [1.807, 2.05) is 54.6 Å². The molecule has 20 heavy (non-hydrogen) atoms. The summed E-state index contributed by atoms with van der Waals surface area (Å²) in [6.07, 6.45) is 0. The Morgan fingerprint density at radius 3 is 2.40 bits per heavy atom. The highest BCUT2D eigenvalue weighted by atomic mass is 79.9. The summed E-state index contributed by atoms with van der Waals surface area (Å²) in [5.74, 6) is 0.845. The number of halogens is 2. The molecule has 0 N–H and O–H groups in total. The molecule has 0 saturated carbocycles. The van der Waals surface area contributed by atoms with Crippen LogP contribution in [0.2, 0.25) is 0 Å². The van der Waals surface area contributed by atoms with Crippen molar-refractivity contribution in [1.29, 1.82) is 0 Å². The lowest BCUT2D eigenvalue weighted by molar-refractivity contribution is 0.513. The van der Waals surface area contributed by atoms with E-state index in [4.69, 9.17) is 16.0 Å². The van der Waals surface area contributed by atoms with Gasteiger partial charge in [0.15, 0.2) is 0 Å². The van der Waals surface area contributed by atoms with Crippen molar-refractivity contribution in [2.75, 3.05) is 0 Å². The van der Waals surface area contributed by atoms with Crippen molar-refractivity contribution in [3.05, 3.63) is 70.5 Å². The maximum Gasteiger partial charge on any atom is 0.248 e. The molecule has 0 aliphatic rings. The number of hydrogen-bond donors (Lipinski definition) is 0. The summed E-state index contributed by atoms with van der Waals surface area (Å²) in [5.41, 5.74) is 1.78. The summed E-state index contributed by atoms with van der Waals surface area (Å²) < 4.78 is 6.59. The second-order valence-electron chi connectivity index (χ2n) is 4.20. The van der Waals surface area contributed by atoms with Crippen LogP contribution in [0.3, 0.4) is 0 Å². The van der Waals surface area contributed by atoms with Gasteiger partial charge in [-0.1, -0.05) is 42.5 Å². The van der Waals surface area contributed by atoms with Crippen LogP contribution in [0.4, 0.5) is 0 Å². The molecule has 0 saturated heterocycles. The Morgan fingerprint density at radius 1 is 0.950 bits per heavy atom. The van der Waals surface area contributed by atoms with Gasteiger partial charge in [-0.05, 0) is 33.6 Å². The van der Waals surface area contributed by atoms with Gasteiger partial charge < -0.3 is 4.42 Å². The molecule has 0 fully saturated rings. The highest BCUT2D eigenvalue weighted by molar-refractivity contribution is 9.10. The zero-order chi connectivity index (χ0) is 13.9. The molecule has 0 bridgehead atoms. The van der Waals surface area contributed by atoms with Crippen molar-refractivity contribution in [3.63, 3.8) is 0 Å². The molecular weight excluding hydrogens is 340 g/mol. The van der Waals surface area contributed by atoms with Crippen LogP contribution in [0.25, 0.3) is 11.5 Å².